The normalized spacial score (nSPS) is 19.6. The minimum absolute atomic E-state index is 0.213. The third-order valence-electron chi connectivity index (χ3n) is 4.14. The molecule has 4 heteroatoms. The number of benzene rings is 1. The van der Waals surface area contributed by atoms with Crippen LogP contribution in [0.15, 0.2) is 12.1 Å². The summed E-state index contributed by atoms with van der Waals surface area (Å²) >= 11 is 0. The number of nitrogens with zero attached hydrogens (tertiary/aromatic N) is 1. The zero-order chi connectivity index (χ0) is 13.2. The third-order valence-corrected chi connectivity index (χ3v) is 4.14. The lowest BCUT2D eigenvalue weighted by Gasteiger charge is -2.25. The summed E-state index contributed by atoms with van der Waals surface area (Å²) in [4.78, 5) is 2.02. The minimum Gasteiger partial charge on any atom is -0.487 e. The molecule has 1 saturated heterocycles. The zero-order valence-corrected chi connectivity index (χ0v) is 11.0. The molecule has 104 valence electrons. The van der Waals surface area contributed by atoms with Crippen molar-refractivity contribution in [2.24, 2.45) is 5.92 Å². The van der Waals surface area contributed by atoms with E-state index < -0.39 is 11.6 Å². The van der Waals surface area contributed by atoms with E-state index >= 15 is 0 Å². The van der Waals surface area contributed by atoms with E-state index in [2.05, 4.69) is 0 Å². The molecular weight excluding hydrogens is 248 g/mol. The highest BCUT2D eigenvalue weighted by atomic mass is 19.1. The van der Waals surface area contributed by atoms with Crippen LogP contribution >= 0.6 is 0 Å². The predicted octanol–water partition coefficient (Wildman–Crippen LogP) is 3.74. The molecule has 1 heterocycles. The maximum Gasteiger partial charge on any atom is 0.190 e. The van der Waals surface area contributed by atoms with Gasteiger partial charge in [0.1, 0.15) is 0 Å². The van der Waals surface area contributed by atoms with Crippen LogP contribution in [-0.4, -0.2) is 19.7 Å². The summed E-state index contributed by atoms with van der Waals surface area (Å²) in [7, 11) is 0. The number of hydrogen-bond donors (Lipinski definition) is 0. The maximum atomic E-state index is 13.9. The second kappa shape index (κ2) is 5.35. The topological polar surface area (TPSA) is 12.5 Å². The summed E-state index contributed by atoms with van der Waals surface area (Å²) in [6, 6.07) is 2.79. The van der Waals surface area contributed by atoms with Crippen LogP contribution < -0.4 is 9.64 Å². The lowest BCUT2D eigenvalue weighted by atomic mass is 9.86. The minimum atomic E-state index is -0.582. The molecule has 3 rings (SSSR count). The first-order valence-electron chi connectivity index (χ1n) is 7.11. The average Bonchev–Trinajstić information content (AvgIpc) is 2.83. The number of anilines is 1. The van der Waals surface area contributed by atoms with Crippen molar-refractivity contribution < 1.29 is 13.5 Å². The summed E-state index contributed by atoms with van der Waals surface area (Å²) < 4.78 is 33.2. The van der Waals surface area contributed by atoms with Crippen molar-refractivity contribution in [1.82, 2.24) is 0 Å². The molecule has 1 aliphatic heterocycles. The van der Waals surface area contributed by atoms with Crippen LogP contribution in [-0.2, 0) is 0 Å². The monoisotopic (exact) mass is 267 g/mol. The van der Waals surface area contributed by atoms with E-state index in [1.165, 1.54) is 18.6 Å². The molecule has 0 N–H and O–H groups in total. The van der Waals surface area contributed by atoms with Crippen molar-refractivity contribution in [3.8, 4) is 5.75 Å². The summed E-state index contributed by atoms with van der Waals surface area (Å²) in [5, 5.41) is 0. The van der Waals surface area contributed by atoms with Crippen LogP contribution in [0.3, 0.4) is 0 Å². The molecular formula is C15H19F2NO. The smallest absolute Gasteiger partial charge is 0.190 e. The van der Waals surface area contributed by atoms with Crippen molar-refractivity contribution in [3.63, 3.8) is 0 Å². The number of halogens is 2. The molecule has 0 aromatic heterocycles. The van der Waals surface area contributed by atoms with Gasteiger partial charge in [0.2, 0.25) is 0 Å². The van der Waals surface area contributed by atoms with E-state index in [-0.39, 0.29) is 5.75 Å². The Morgan fingerprint density at radius 1 is 1.05 bits per heavy atom. The van der Waals surface area contributed by atoms with Gasteiger partial charge in [-0.25, -0.2) is 8.78 Å². The van der Waals surface area contributed by atoms with Crippen LogP contribution in [0, 0.1) is 17.6 Å². The quantitative estimate of drug-likeness (QED) is 0.824. The highest BCUT2D eigenvalue weighted by Gasteiger charge is 2.22. The van der Waals surface area contributed by atoms with E-state index in [0.717, 1.165) is 38.8 Å². The molecule has 0 amide bonds. The summed E-state index contributed by atoms with van der Waals surface area (Å²) in [6.07, 6.45) is 5.59. The van der Waals surface area contributed by atoms with Crippen LogP contribution in [0.1, 0.15) is 32.1 Å². The van der Waals surface area contributed by atoms with E-state index in [1.54, 1.807) is 0 Å². The molecule has 1 aliphatic carbocycles. The van der Waals surface area contributed by atoms with Gasteiger partial charge in [0.15, 0.2) is 17.4 Å². The van der Waals surface area contributed by atoms with E-state index in [4.69, 9.17) is 4.74 Å². The second-order valence-electron chi connectivity index (χ2n) is 5.54. The van der Waals surface area contributed by atoms with Gasteiger partial charge in [-0.2, -0.15) is 0 Å². The molecule has 1 aromatic carbocycles. The lowest BCUT2D eigenvalue weighted by Crippen LogP contribution is -2.21. The molecule has 19 heavy (non-hydrogen) atoms. The lowest BCUT2D eigenvalue weighted by molar-refractivity contribution is 0.170. The van der Waals surface area contributed by atoms with Crippen LogP contribution in [0.2, 0.25) is 0 Å². The average molecular weight is 267 g/mol. The largest absolute Gasteiger partial charge is 0.487 e. The second-order valence-corrected chi connectivity index (χ2v) is 5.54. The fourth-order valence-electron chi connectivity index (χ4n) is 2.70. The Hall–Kier alpha value is -1.32. The highest BCUT2D eigenvalue weighted by molar-refractivity contribution is 5.51. The van der Waals surface area contributed by atoms with Crippen molar-refractivity contribution in [2.45, 2.75) is 32.1 Å². The van der Waals surface area contributed by atoms with Gasteiger partial charge in [0, 0.05) is 30.9 Å². The zero-order valence-electron chi connectivity index (χ0n) is 11.0. The Balaban J connectivity index is 1.72. The third kappa shape index (κ3) is 2.67. The molecule has 2 fully saturated rings. The molecule has 1 aromatic rings. The van der Waals surface area contributed by atoms with Crippen LogP contribution in [0.5, 0.6) is 5.75 Å². The Morgan fingerprint density at radius 3 is 2.21 bits per heavy atom. The van der Waals surface area contributed by atoms with Gasteiger partial charge in [0.05, 0.1) is 6.61 Å². The number of rotatable bonds is 4. The Labute approximate surface area is 112 Å². The van der Waals surface area contributed by atoms with Gasteiger partial charge >= 0.3 is 0 Å². The van der Waals surface area contributed by atoms with Crippen molar-refractivity contribution in [3.05, 3.63) is 23.8 Å². The van der Waals surface area contributed by atoms with Crippen LogP contribution in [0.25, 0.3) is 0 Å². The molecule has 0 spiro atoms. The van der Waals surface area contributed by atoms with Crippen molar-refractivity contribution in [2.75, 3.05) is 24.6 Å². The SMILES string of the molecule is Fc1cc(N2CCCC2)cc(F)c1OCC1CCC1. The first-order chi connectivity index (χ1) is 9.24. The molecule has 0 unspecified atom stereocenters. The maximum absolute atomic E-state index is 13.9. The van der Waals surface area contributed by atoms with Gasteiger partial charge in [-0.1, -0.05) is 6.42 Å². The number of ether oxygens (including phenoxy) is 1. The summed E-state index contributed by atoms with van der Waals surface area (Å²) in [5.74, 6) is -0.908. The molecule has 0 atom stereocenters. The molecule has 0 bridgehead atoms. The van der Waals surface area contributed by atoms with Crippen molar-refractivity contribution in [1.29, 1.82) is 0 Å². The standard InChI is InChI=1S/C15H19F2NO/c16-13-8-12(18-6-1-2-7-18)9-14(17)15(13)19-10-11-4-3-5-11/h8-9,11H,1-7,10H2. The molecule has 2 nitrogen and oxygen atoms in total. The van der Waals surface area contributed by atoms with Crippen molar-refractivity contribution >= 4 is 5.69 Å². The summed E-state index contributed by atoms with van der Waals surface area (Å²) in [5.41, 5.74) is 0.628. The van der Waals surface area contributed by atoms with Crippen LogP contribution in [0.4, 0.5) is 14.5 Å². The Bertz CT molecular complexity index is 430. The molecule has 2 aliphatic rings. The molecule has 1 saturated carbocycles. The Kier molecular flexibility index (Phi) is 3.58. The van der Waals surface area contributed by atoms with Gasteiger partial charge in [-0.15, -0.1) is 0 Å². The van der Waals surface area contributed by atoms with E-state index in [0.29, 0.717) is 18.2 Å². The number of hydrogen-bond acceptors (Lipinski definition) is 2. The van der Waals surface area contributed by atoms with E-state index in [9.17, 15) is 8.78 Å². The van der Waals surface area contributed by atoms with Gasteiger partial charge in [-0.3, -0.25) is 0 Å². The first kappa shape index (κ1) is 12.7. The molecule has 0 radical (unpaired) electrons. The Morgan fingerprint density at radius 2 is 1.68 bits per heavy atom. The van der Waals surface area contributed by atoms with E-state index in [1.807, 2.05) is 4.90 Å². The van der Waals surface area contributed by atoms with Gasteiger partial charge < -0.3 is 9.64 Å². The van der Waals surface area contributed by atoms with Gasteiger partial charge in [0.25, 0.3) is 0 Å². The fraction of sp³-hybridized carbons (Fsp3) is 0.600. The highest BCUT2D eigenvalue weighted by Crippen LogP contribution is 2.32. The predicted molar refractivity (Wildman–Crippen MR) is 70.6 cm³/mol. The fourth-order valence-corrected chi connectivity index (χ4v) is 2.70. The van der Waals surface area contributed by atoms with Gasteiger partial charge in [-0.05, 0) is 31.6 Å². The first-order valence-corrected chi connectivity index (χ1v) is 7.11. The summed E-state index contributed by atoms with van der Waals surface area (Å²) in [6.45, 7) is 2.18.